The number of carbonyl (C=O) groups is 1. The van der Waals surface area contributed by atoms with E-state index in [0.717, 1.165) is 12.8 Å². The number of hydrogen-bond donors (Lipinski definition) is 1. The first kappa shape index (κ1) is 7.80. The van der Waals surface area contributed by atoms with Gasteiger partial charge in [0, 0.05) is 11.3 Å². The molecule has 2 rings (SSSR count). The lowest BCUT2D eigenvalue weighted by Crippen LogP contribution is -2.31. The monoisotopic (exact) mass is 181 g/mol. The molecule has 1 saturated heterocycles. The summed E-state index contributed by atoms with van der Waals surface area (Å²) < 4.78 is 0. The average molecular weight is 181 g/mol. The van der Waals surface area contributed by atoms with E-state index in [0.29, 0.717) is 6.42 Å². The normalized spacial score (nSPS) is 23.7. The molecular formula is C9H11NOS. The molecule has 1 aliphatic rings. The summed E-state index contributed by atoms with van der Waals surface area (Å²) in [7, 11) is 0. The first-order valence-electron chi connectivity index (χ1n) is 4.19. The smallest absolute Gasteiger partial charge is 0.220 e. The minimum Gasteiger partial charge on any atom is -0.348 e. The minimum atomic E-state index is 0.194. The molecule has 1 N–H and O–H groups in total. The molecule has 2 nitrogen and oxygen atoms in total. The van der Waals surface area contributed by atoms with Gasteiger partial charge in [-0.2, -0.15) is 0 Å². The van der Waals surface area contributed by atoms with Gasteiger partial charge in [-0.1, -0.05) is 6.07 Å². The molecule has 0 spiro atoms. The van der Waals surface area contributed by atoms with E-state index in [1.807, 2.05) is 6.07 Å². The highest BCUT2D eigenvalue weighted by atomic mass is 32.1. The van der Waals surface area contributed by atoms with Crippen molar-refractivity contribution in [1.29, 1.82) is 0 Å². The second-order valence-corrected chi connectivity index (χ2v) is 4.01. The summed E-state index contributed by atoms with van der Waals surface area (Å²) in [5, 5.41) is 5.04. The highest BCUT2D eigenvalue weighted by Crippen LogP contribution is 2.26. The zero-order valence-corrected chi connectivity index (χ0v) is 7.56. The summed E-state index contributed by atoms with van der Waals surface area (Å²) >= 11 is 1.72. The van der Waals surface area contributed by atoms with Crippen LogP contribution in [0.25, 0.3) is 0 Å². The van der Waals surface area contributed by atoms with Crippen molar-refractivity contribution in [2.45, 2.75) is 25.3 Å². The van der Waals surface area contributed by atoms with Crippen molar-refractivity contribution < 1.29 is 4.79 Å². The third-order valence-electron chi connectivity index (χ3n) is 2.12. The van der Waals surface area contributed by atoms with Gasteiger partial charge in [0.25, 0.3) is 0 Å². The Hall–Kier alpha value is -0.830. The molecule has 0 saturated carbocycles. The lowest BCUT2D eigenvalue weighted by atomic mass is 10.0. The van der Waals surface area contributed by atoms with E-state index in [-0.39, 0.29) is 11.9 Å². The molecule has 1 aromatic heterocycles. The van der Waals surface area contributed by atoms with Gasteiger partial charge in [-0.3, -0.25) is 4.79 Å². The highest BCUT2D eigenvalue weighted by Gasteiger charge is 2.19. The first-order valence-corrected chi connectivity index (χ1v) is 5.07. The van der Waals surface area contributed by atoms with E-state index in [1.165, 1.54) is 4.88 Å². The fraction of sp³-hybridized carbons (Fsp3) is 0.444. The van der Waals surface area contributed by atoms with Crippen LogP contribution in [-0.2, 0) is 4.79 Å². The van der Waals surface area contributed by atoms with Crippen LogP contribution >= 0.6 is 11.3 Å². The molecule has 3 heteroatoms. The molecule has 1 atom stereocenters. The van der Waals surface area contributed by atoms with E-state index in [4.69, 9.17) is 0 Å². The number of thiophene rings is 1. The van der Waals surface area contributed by atoms with Crippen LogP contribution < -0.4 is 5.32 Å². The minimum absolute atomic E-state index is 0.194. The van der Waals surface area contributed by atoms with E-state index < -0.39 is 0 Å². The molecule has 0 radical (unpaired) electrons. The molecule has 12 heavy (non-hydrogen) atoms. The van der Waals surface area contributed by atoms with Crippen molar-refractivity contribution in [2.24, 2.45) is 0 Å². The fourth-order valence-electron chi connectivity index (χ4n) is 1.51. The standard InChI is InChI=1S/C9H11NOS/c11-9-5-1-3-7(10-9)8-4-2-6-12-8/h2,4,6-7H,1,3,5H2,(H,10,11)/t7-/m0/s1. The van der Waals surface area contributed by atoms with Gasteiger partial charge in [-0.15, -0.1) is 11.3 Å². The predicted molar refractivity (Wildman–Crippen MR) is 49.1 cm³/mol. The quantitative estimate of drug-likeness (QED) is 0.706. The van der Waals surface area contributed by atoms with Gasteiger partial charge >= 0.3 is 0 Å². The Kier molecular flexibility index (Phi) is 2.13. The molecule has 1 aliphatic heterocycles. The van der Waals surface area contributed by atoms with Gasteiger partial charge in [0.2, 0.25) is 5.91 Å². The lowest BCUT2D eigenvalue weighted by molar-refractivity contribution is -0.123. The Morgan fingerprint density at radius 3 is 3.17 bits per heavy atom. The summed E-state index contributed by atoms with van der Waals surface area (Å²) in [6.45, 7) is 0. The molecule has 0 unspecified atom stereocenters. The van der Waals surface area contributed by atoms with E-state index >= 15 is 0 Å². The molecular weight excluding hydrogens is 170 g/mol. The van der Waals surface area contributed by atoms with Crippen LogP contribution in [0.4, 0.5) is 0 Å². The first-order chi connectivity index (χ1) is 5.86. The molecule has 64 valence electrons. The second kappa shape index (κ2) is 3.27. The molecule has 0 bridgehead atoms. The summed E-state index contributed by atoms with van der Waals surface area (Å²) in [5.41, 5.74) is 0. The summed E-state index contributed by atoms with van der Waals surface area (Å²) in [6, 6.07) is 4.40. The van der Waals surface area contributed by atoms with Crippen LogP contribution in [0.5, 0.6) is 0 Å². The van der Waals surface area contributed by atoms with Gasteiger partial charge in [0.05, 0.1) is 6.04 Å². The zero-order chi connectivity index (χ0) is 8.39. The van der Waals surface area contributed by atoms with Gasteiger partial charge in [0.15, 0.2) is 0 Å². The maximum atomic E-state index is 11.1. The molecule has 1 amide bonds. The summed E-state index contributed by atoms with van der Waals surface area (Å²) in [4.78, 5) is 12.3. The van der Waals surface area contributed by atoms with Crippen molar-refractivity contribution >= 4 is 17.2 Å². The Morgan fingerprint density at radius 2 is 2.50 bits per heavy atom. The molecule has 1 fully saturated rings. The van der Waals surface area contributed by atoms with Gasteiger partial charge in [-0.25, -0.2) is 0 Å². The third kappa shape index (κ3) is 1.50. The molecule has 0 aliphatic carbocycles. The number of carbonyl (C=O) groups excluding carboxylic acids is 1. The Labute approximate surface area is 75.6 Å². The third-order valence-corrected chi connectivity index (χ3v) is 3.10. The molecule has 1 aromatic rings. The van der Waals surface area contributed by atoms with Crippen LogP contribution in [0, 0.1) is 0 Å². The van der Waals surface area contributed by atoms with Crippen LogP contribution in [0.15, 0.2) is 17.5 Å². The fourth-order valence-corrected chi connectivity index (χ4v) is 2.32. The summed E-state index contributed by atoms with van der Waals surface area (Å²) in [5.74, 6) is 0.194. The Morgan fingerprint density at radius 1 is 1.58 bits per heavy atom. The van der Waals surface area contributed by atoms with Gasteiger partial charge < -0.3 is 5.32 Å². The van der Waals surface area contributed by atoms with Crippen LogP contribution in [-0.4, -0.2) is 5.91 Å². The average Bonchev–Trinajstić information content (AvgIpc) is 2.56. The second-order valence-electron chi connectivity index (χ2n) is 3.03. The Bertz CT molecular complexity index is 268. The van der Waals surface area contributed by atoms with Crippen molar-refractivity contribution in [2.75, 3.05) is 0 Å². The maximum absolute atomic E-state index is 11.1. The van der Waals surface area contributed by atoms with E-state index in [2.05, 4.69) is 16.8 Å². The molecule has 2 heterocycles. The zero-order valence-electron chi connectivity index (χ0n) is 6.75. The number of rotatable bonds is 1. The number of amides is 1. The topological polar surface area (TPSA) is 29.1 Å². The van der Waals surface area contributed by atoms with Gasteiger partial charge in [0.1, 0.15) is 0 Å². The maximum Gasteiger partial charge on any atom is 0.220 e. The van der Waals surface area contributed by atoms with Crippen LogP contribution in [0.1, 0.15) is 30.2 Å². The largest absolute Gasteiger partial charge is 0.348 e. The van der Waals surface area contributed by atoms with Gasteiger partial charge in [-0.05, 0) is 24.3 Å². The SMILES string of the molecule is O=C1CCC[C@@H](c2cccs2)N1. The predicted octanol–water partition coefficient (Wildman–Crippen LogP) is 2.09. The van der Waals surface area contributed by atoms with Crippen LogP contribution in [0.2, 0.25) is 0 Å². The lowest BCUT2D eigenvalue weighted by Gasteiger charge is -2.21. The highest BCUT2D eigenvalue weighted by molar-refractivity contribution is 7.10. The van der Waals surface area contributed by atoms with Crippen molar-refractivity contribution in [3.8, 4) is 0 Å². The molecule has 0 aromatic carbocycles. The number of piperidine rings is 1. The van der Waals surface area contributed by atoms with Crippen LogP contribution in [0.3, 0.4) is 0 Å². The van der Waals surface area contributed by atoms with Crippen molar-refractivity contribution in [1.82, 2.24) is 5.32 Å². The van der Waals surface area contributed by atoms with Crippen molar-refractivity contribution in [3.63, 3.8) is 0 Å². The number of nitrogens with one attached hydrogen (secondary N) is 1. The Balaban J connectivity index is 2.09. The summed E-state index contributed by atoms with van der Waals surface area (Å²) in [6.07, 6.45) is 2.81. The number of hydrogen-bond acceptors (Lipinski definition) is 2. The van der Waals surface area contributed by atoms with E-state index in [1.54, 1.807) is 11.3 Å². The van der Waals surface area contributed by atoms with E-state index in [9.17, 15) is 4.79 Å². The van der Waals surface area contributed by atoms with Crippen molar-refractivity contribution in [3.05, 3.63) is 22.4 Å².